The van der Waals surface area contributed by atoms with E-state index in [0.29, 0.717) is 28.5 Å². The van der Waals surface area contributed by atoms with Crippen LogP contribution in [-0.2, 0) is 0 Å². The Morgan fingerprint density at radius 1 is 0.976 bits per heavy atom. The number of nitrogens with zero attached hydrogens (tertiary/aromatic N) is 6. The third kappa shape index (κ3) is 5.41. The monoisotopic (exact) mass is 546 g/mol. The zero-order valence-electron chi connectivity index (χ0n) is 21.8. The highest BCUT2D eigenvalue weighted by Gasteiger charge is 2.27. The molecule has 0 spiro atoms. The van der Waals surface area contributed by atoms with Gasteiger partial charge in [-0.2, -0.15) is 10.5 Å². The zero-order valence-corrected chi connectivity index (χ0v) is 21.8. The van der Waals surface area contributed by atoms with E-state index in [1.54, 1.807) is 18.2 Å². The van der Waals surface area contributed by atoms with E-state index in [2.05, 4.69) is 38.1 Å². The average molecular weight is 547 g/mol. The van der Waals surface area contributed by atoms with E-state index < -0.39 is 17.9 Å². The predicted octanol–water partition coefficient (Wildman–Crippen LogP) is 6.58. The molecular formula is C31H24F2N8. The molecule has 2 heterocycles. The largest absolute Gasteiger partial charge is 0.376 e. The van der Waals surface area contributed by atoms with Gasteiger partial charge in [0.15, 0.2) is 5.82 Å². The maximum atomic E-state index is 15.6. The lowest BCUT2D eigenvalue weighted by Crippen LogP contribution is -2.14. The lowest BCUT2D eigenvalue weighted by atomic mass is 10.0. The van der Waals surface area contributed by atoms with E-state index in [0.717, 1.165) is 24.0 Å². The fourth-order valence-electron chi connectivity index (χ4n) is 4.88. The second-order valence-electron chi connectivity index (χ2n) is 9.97. The van der Waals surface area contributed by atoms with Crippen LogP contribution >= 0.6 is 0 Å². The summed E-state index contributed by atoms with van der Waals surface area (Å²) in [4.78, 5) is 4.22. The van der Waals surface area contributed by atoms with Crippen LogP contribution in [-0.4, -0.2) is 20.0 Å². The molecule has 0 saturated heterocycles. The Bertz CT molecular complexity index is 1780. The summed E-state index contributed by atoms with van der Waals surface area (Å²) in [6, 6.07) is 22.1. The minimum atomic E-state index is -0.589. The minimum absolute atomic E-state index is 0.0822. The molecule has 8 nitrogen and oxygen atoms in total. The van der Waals surface area contributed by atoms with Crippen molar-refractivity contribution in [1.29, 1.82) is 10.5 Å². The third-order valence-electron chi connectivity index (χ3n) is 7.12. The van der Waals surface area contributed by atoms with Gasteiger partial charge in [-0.15, -0.1) is 5.10 Å². The number of hydrogen-bond donors (Lipinski definition) is 2. The maximum Gasteiger partial charge on any atom is 0.151 e. The molecular weight excluding hydrogens is 522 g/mol. The summed E-state index contributed by atoms with van der Waals surface area (Å²) in [6.45, 7) is 0. The highest BCUT2D eigenvalue weighted by molar-refractivity contribution is 5.96. The van der Waals surface area contributed by atoms with Crippen molar-refractivity contribution in [3.63, 3.8) is 0 Å². The number of rotatable bonds is 9. The van der Waals surface area contributed by atoms with Gasteiger partial charge in [0.25, 0.3) is 0 Å². The number of halogens is 2. The van der Waals surface area contributed by atoms with Gasteiger partial charge in [0.05, 0.1) is 48.1 Å². The Balaban J connectivity index is 1.43. The number of nitriles is 2. The second-order valence-corrected chi connectivity index (χ2v) is 9.97. The summed E-state index contributed by atoms with van der Waals surface area (Å²) in [5.41, 5.74) is 3.26. The fraction of sp³-hybridized carbons (Fsp3) is 0.194. The summed E-state index contributed by atoms with van der Waals surface area (Å²) < 4.78 is 31.1. The van der Waals surface area contributed by atoms with Gasteiger partial charge < -0.3 is 10.6 Å². The molecule has 2 N–H and O–H groups in total. The highest BCUT2D eigenvalue weighted by Crippen LogP contribution is 2.37. The number of fused-ring (bicyclic) bond motifs is 1. The first-order chi connectivity index (χ1) is 20.0. The Kier molecular flexibility index (Phi) is 6.97. The summed E-state index contributed by atoms with van der Waals surface area (Å²) in [7, 11) is 0. The Morgan fingerprint density at radius 2 is 1.76 bits per heavy atom. The molecule has 2 aromatic heterocycles. The van der Waals surface area contributed by atoms with Gasteiger partial charge in [-0.25, -0.2) is 13.5 Å². The molecule has 0 radical (unpaired) electrons. The second kappa shape index (κ2) is 11.0. The number of aromatic nitrogens is 4. The standard InChI is InChI=1S/C31H24F2N8/c32-22-8-6-20(7-9-22)30(28-18-41(40-39-28)24-10-11-24)37-23-14-25-29(21(16-35)17-36-31(25)26(33)15-23)38-27(12-13-34)19-4-2-1-3-5-19/h1-9,14-15,17-18,24,27,30,37H,10-12H2,(H,36,38). The molecule has 1 saturated carbocycles. The molecule has 202 valence electrons. The maximum absolute atomic E-state index is 15.6. The van der Waals surface area contributed by atoms with Crippen molar-refractivity contribution >= 4 is 22.3 Å². The van der Waals surface area contributed by atoms with Crippen LogP contribution in [0.25, 0.3) is 10.9 Å². The smallest absolute Gasteiger partial charge is 0.151 e. The lowest BCUT2D eigenvalue weighted by Gasteiger charge is -2.22. The quantitative estimate of drug-likeness (QED) is 0.215. The first-order valence-corrected chi connectivity index (χ1v) is 13.2. The summed E-state index contributed by atoms with van der Waals surface area (Å²) in [5.74, 6) is -0.962. The SMILES string of the molecule is N#CCC(Nc1c(C#N)cnc2c(F)cc(NC(c3ccc(F)cc3)c3cn(C4CC4)nn3)cc12)c1ccccc1. The predicted molar refractivity (Wildman–Crippen MR) is 150 cm³/mol. The first kappa shape index (κ1) is 25.9. The van der Waals surface area contributed by atoms with Gasteiger partial charge in [0, 0.05) is 17.3 Å². The van der Waals surface area contributed by atoms with Gasteiger partial charge in [0.2, 0.25) is 0 Å². The fourth-order valence-corrected chi connectivity index (χ4v) is 4.88. The molecule has 0 aliphatic heterocycles. The van der Waals surface area contributed by atoms with Crippen LogP contribution in [0, 0.1) is 34.3 Å². The van der Waals surface area contributed by atoms with Crippen molar-refractivity contribution in [2.45, 2.75) is 37.4 Å². The molecule has 10 heteroatoms. The Morgan fingerprint density at radius 3 is 2.46 bits per heavy atom. The lowest BCUT2D eigenvalue weighted by molar-refractivity contribution is 0.610. The number of benzene rings is 3. The molecule has 0 bridgehead atoms. The minimum Gasteiger partial charge on any atom is -0.376 e. The number of pyridine rings is 1. The van der Waals surface area contributed by atoms with E-state index in [-0.39, 0.29) is 23.3 Å². The Labute approximate surface area is 234 Å². The molecule has 6 rings (SSSR count). The number of nitrogens with one attached hydrogen (secondary N) is 2. The van der Waals surface area contributed by atoms with Crippen LogP contribution in [0.3, 0.4) is 0 Å². The molecule has 0 amide bonds. The number of anilines is 2. The van der Waals surface area contributed by atoms with Crippen LogP contribution in [0.1, 0.15) is 59.8 Å². The van der Waals surface area contributed by atoms with Gasteiger partial charge in [0.1, 0.15) is 23.1 Å². The van der Waals surface area contributed by atoms with Gasteiger partial charge in [-0.1, -0.05) is 47.7 Å². The van der Waals surface area contributed by atoms with Crippen LogP contribution in [0.15, 0.2) is 79.1 Å². The van der Waals surface area contributed by atoms with Crippen LogP contribution in [0.5, 0.6) is 0 Å². The molecule has 2 atom stereocenters. The van der Waals surface area contributed by atoms with E-state index in [9.17, 15) is 14.9 Å². The topological polar surface area (TPSA) is 115 Å². The molecule has 41 heavy (non-hydrogen) atoms. The van der Waals surface area contributed by atoms with Crippen LogP contribution in [0.4, 0.5) is 20.2 Å². The van der Waals surface area contributed by atoms with Crippen molar-refractivity contribution < 1.29 is 8.78 Å². The molecule has 3 aromatic carbocycles. The molecule has 1 fully saturated rings. The van der Waals surface area contributed by atoms with Crippen molar-refractivity contribution in [3.8, 4) is 12.1 Å². The van der Waals surface area contributed by atoms with E-state index in [4.69, 9.17) is 0 Å². The van der Waals surface area contributed by atoms with Gasteiger partial charge in [-0.3, -0.25) is 4.98 Å². The van der Waals surface area contributed by atoms with Crippen molar-refractivity contribution in [2.75, 3.05) is 10.6 Å². The normalized spacial score (nSPS) is 14.1. The van der Waals surface area contributed by atoms with E-state index in [1.165, 1.54) is 24.4 Å². The van der Waals surface area contributed by atoms with Crippen LogP contribution in [0.2, 0.25) is 0 Å². The van der Waals surface area contributed by atoms with Gasteiger partial charge >= 0.3 is 0 Å². The number of hydrogen-bond acceptors (Lipinski definition) is 7. The average Bonchev–Trinajstić information content (AvgIpc) is 3.73. The first-order valence-electron chi connectivity index (χ1n) is 13.2. The summed E-state index contributed by atoms with van der Waals surface area (Å²) >= 11 is 0. The van der Waals surface area contributed by atoms with E-state index >= 15 is 4.39 Å². The molecule has 1 aliphatic rings. The Hall–Kier alpha value is -5.35. The summed E-state index contributed by atoms with van der Waals surface area (Å²) in [6.07, 6.45) is 5.38. The zero-order chi connectivity index (χ0) is 28.3. The van der Waals surface area contributed by atoms with E-state index in [1.807, 2.05) is 41.2 Å². The third-order valence-corrected chi connectivity index (χ3v) is 7.12. The van der Waals surface area contributed by atoms with Crippen LogP contribution < -0.4 is 10.6 Å². The van der Waals surface area contributed by atoms with Gasteiger partial charge in [-0.05, 0) is 48.2 Å². The highest BCUT2D eigenvalue weighted by atomic mass is 19.1. The summed E-state index contributed by atoms with van der Waals surface area (Å²) in [5, 5.41) is 35.1. The molecule has 2 unspecified atom stereocenters. The van der Waals surface area contributed by atoms with Crippen molar-refractivity contribution in [1.82, 2.24) is 20.0 Å². The molecule has 5 aromatic rings. The van der Waals surface area contributed by atoms with Crippen molar-refractivity contribution in [3.05, 3.63) is 113 Å². The van der Waals surface area contributed by atoms with Crippen molar-refractivity contribution in [2.24, 2.45) is 0 Å². The molecule has 1 aliphatic carbocycles.